The molecule has 0 aliphatic rings. The number of nitrogens with one attached hydrogen (secondary N) is 2. The van der Waals surface area contributed by atoms with E-state index >= 15 is 0 Å². The number of amides is 1. The fourth-order valence-electron chi connectivity index (χ4n) is 1.50. The summed E-state index contributed by atoms with van der Waals surface area (Å²) < 4.78 is 10.7. The minimum Gasteiger partial charge on any atom is -0.494 e. The van der Waals surface area contributed by atoms with Gasteiger partial charge in [0, 0.05) is 0 Å². The largest absolute Gasteiger partial charge is 0.494 e. The highest BCUT2D eigenvalue weighted by Gasteiger charge is 2.04. The summed E-state index contributed by atoms with van der Waals surface area (Å²) in [6.45, 7) is 2.78. The van der Waals surface area contributed by atoms with Crippen molar-refractivity contribution in [2.45, 2.75) is 13.5 Å². The number of ether oxygens (including phenoxy) is 2. The number of aromatic nitrogens is 3. The van der Waals surface area contributed by atoms with Crippen molar-refractivity contribution in [1.82, 2.24) is 20.5 Å². The van der Waals surface area contributed by atoms with E-state index < -0.39 is 0 Å². The maximum atomic E-state index is 11.6. The standard InChI is InChI=1S/C13H16N4O3/c1-2-19-10-3-5-11(6-4-10)20-8-13(18)14-7-12-15-9-16-17-12/h3-6,9H,2,7-8H2,1H3,(H,14,18)(H,15,16,17). The maximum Gasteiger partial charge on any atom is 0.258 e. The summed E-state index contributed by atoms with van der Waals surface area (Å²) in [7, 11) is 0. The van der Waals surface area contributed by atoms with Crippen LogP contribution in [0.1, 0.15) is 12.7 Å². The van der Waals surface area contributed by atoms with E-state index in [1.54, 1.807) is 24.3 Å². The minimum absolute atomic E-state index is 0.0535. The van der Waals surface area contributed by atoms with Crippen LogP contribution in [0.5, 0.6) is 11.5 Å². The van der Waals surface area contributed by atoms with Crippen LogP contribution in [0.25, 0.3) is 0 Å². The molecular weight excluding hydrogens is 260 g/mol. The van der Waals surface area contributed by atoms with Crippen molar-refractivity contribution in [3.8, 4) is 11.5 Å². The quantitative estimate of drug-likeness (QED) is 0.784. The number of H-pyrrole nitrogens is 1. The maximum absolute atomic E-state index is 11.6. The third kappa shape index (κ3) is 4.27. The minimum atomic E-state index is -0.227. The highest BCUT2D eigenvalue weighted by atomic mass is 16.5. The summed E-state index contributed by atoms with van der Waals surface area (Å²) in [5.74, 6) is 1.76. The smallest absolute Gasteiger partial charge is 0.258 e. The molecule has 0 aliphatic heterocycles. The zero-order valence-electron chi connectivity index (χ0n) is 11.1. The summed E-state index contributed by atoms with van der Waals surface area (Å²) in [6, 6.07) is 7.11. The molecule has 2 N–H and O–H groups in total. The van der Waals surface area contributed by atoms with E-state index in [0.717, 1.165) is 5.75 Å². The van der Waals surface area contributed by atoms with E-state index in [4.69, 9.17) is 9.47 Å². The number of nitrogens with zero attached hydrogens (tertiary/aromatic N) is 2. The zero-order valence-corrected chi connectivity index (χ0v) is 11.1. The van der Waals surface area contributed by atoms with Gasteiger partial charge in [-0.3, -0.25) is 9.89 Å². The number of carbonyl (C=O) groups is 1. The first-order chi connectivity index (χ1) is 9.78. The van der Waals surface area contributed by atoms with Crippen LogP contribution in [0.2, 0.25) is 0 Å². The number of rotatable bonds is 7. The first-order valence-electron chi connectivity index (χ1n) is 6.24. The van der Waals surface area contributed by atoms with Crippen molar-refractivity contribution < 1.29 is 14.3 Å². The van der Waals surface area contributed by atoms with Crippen LogP contribution >= 0.6 is 0 Å². The Bertz CT molecular complexity index is 525. The number of benzene rings is 1. The van der Waals surface area contributed by atoms with Gasteiger partial charge in [-0.2, -0.15) is 5.10 Å². The second-order valence-electron chi connectivity index (χ2n) is 3.90. The summed E-state index contributed by atoms with van der Waals surface area (Å²) in [5, 5.41) is 9.01. The molecule has 20 heavy (non-hydrogen) atoms. The van der Waals surface area contributed by atoms with E-state index in [9.17, 15) is 4.79 Å². The van der Waals surface area contributed by atoms with Gasteiger partial charge in [0.2, 0.25) is 0 Å². The van der Waals surface area contributed by atoms with Gasteiger partial charge in [-0.15, -0.1) is 0 Å². The predicted molar refractivity (Wildman–Crippen MR) is 71.3 cm³/mol. The lowest BCUT2D eigenvalue weighted by atomic mass is 10.3. The molecular formula is C13H16N4O3. The monoisotopic (exact) mass is 276 g/mol. The normalized spacial score (nSPS) is 10.1. The van der Waals surface area contributed by atoms with Gasteiger partial charge in [0.1, 0.15) is 23.7 Å². The molecule has 0 unspecified atom stereocenters. The Labute approximate surface area is 116 Å². The first-order valence-corrected chi connectivity index (χ1v) is 6.24. The number of hydrogen-bond acceptors (Lipinski definition) is 5. The van der Waals surface area contributed by atoms with Gasteiger partial charge in [0.15, 0.2) is 6.61 Å². The highest BCUT2D eigenvalue weighted by molar-refractivity contribution is 5.77. The molecule has 1 aromatic carbocycles. The molecule has 1 aromatic heterocycles. The molecule has 0 saturated heterocycles. The molecule has 106 valence electrons. The molecule has 0 spiro atoms. The predicted octanol–water partition coefficient (Wildman–Crippen LogP) is 0.899. The van der Waals surface area contributed by atoms with E-state index in [0.29, 0.717) is 24.7 Å². The molecule has 0 saturated carbocycles. The Hall–Kier alpha value is -2.57. The van der Waals surface area contributed by atoms with Gasteiger partial charge in [0.25, 0.3) is 5.91 Å². The zero-order chi connectivity index (χ0) is 14.2. The molecule has 0 atom stereocenters. The molecule has 0 bridgehead atoms. The van der Waals surface area contributed by atoms with Crippen molar-refractivity contribution in [3.05, 3.63) is 36.4 Å². The Morgan fingerprint density at radius 1 is 1.25 bits per heavy atom. The first kappa shape index (κ1) is 13.9. The SMILES string of the molecule is CCOc1ccc(OCC(=O)NCc2ncn[nH]2)cc1. The molecule has 0 radical (unpaired) electrons. The van der Waals surface area contributed by atoms with Gasteiger partial charge in [-0.05, 0) is 31.2 Å². The van der Waals surface area contributed by atoms with Crippen molar-refractivity contribution in [2.75, 3.05) is 13.2 Å². The lowest BCUT2D eigenvalue weighted by Gasteiger charge is -2.07. The molecule has 2 aromatic rings. The van der Waals surface area contributed by atoms with Crippen molar-refractivity contribution in [2.24, 2.45) is 0 Å². The van der Waals surface area contributed by atoms with E-state index in [1.807, 2.05) is 6.92 Å². The lowest BCUT2D eigenvalue weighted by Crippen LogP contribution is -2.28. The van der Waals surface area contributed by atoms with Gasteiger partial charge >= 0.3 is 0 Å². The third-order valence-corrected chi connectivity index (χ3v) is 2.42. The molecule has 0 fully saturated rings. The molecule has 7 heteroatoms. The van der Waals surface area contributed by atoms with Crippen LogP contribution in [0.4, 0.5) is 0 Å². The summed E-state index contributed by atoms with van der Waals surface area (Å²) in [5.41, 5.74) is 0. The number of carbonyl (C=O) groups excluding carboxylic acids is 1. The lowest BCUT2D eigenvalue weighted by molar-refractivity contribution is -0.123. The van der Waals surface area contributed by atoms with Crippen LogP contribution in [0.15, 0.2) is 30.6 Å². The number of hydrogen-bond donors (Lipinski definition) is 2. The third-order valence-electron chi connectivity index (χ3n) is 2.42. The van der Waals surface area contributed by atoms with Crippen LogP contribution in [0, 0.1) is 0 Å². The Balaban J connectivity index is 1.72. The average molecular weight is 276 g/mol. The van der Waals surface area contributed by atoms with Crippen molar-refractivity contribution in [3.63, 3.8) is 0 Å². The van der Waals surface area contributed by atoms with Crippen molar-refractivity contribution in [1.29, 1.82) is 0 Å². The Morgan fingerprint density at radius 2 is 1.95 bits per heavy atom. The summed E-state index contributed by atoms with van der Waals surface area (Å²) in [4.78, 5) is 15.5. The molecule has 1 heterocycles. The fourth-order valence-corrected chi connectivity index (χ4v) is 1.50. The number of aromatic amines is 1. The van der Waals surface area contributed by atoms with Crippen LogP contribution in [0.3, 0.4) is 0 Å². The van der Waals surface area contributed by atoms with E-state index in [-0.39, 0.29) is 12.5 Å². The Kier molecular flexibility index (Phi) is 4.94. The van der Waals surface area contributed by atoms with Crippen LogP contribution in [-0.2, 0) is 11.3 Å². The van der Waals surface area contributed by atoms with Gasteiger partial charge < -0.3 is 14.8 Å². The summed E-state index contributed by atoms with van der Waals surface area (Å²) in [6.07, 6.45) is 1.39. The van der Waals surface area contributed by atoms with Crippen LogP contribution < -0.4 is 14.8 Å². The molecule has 2 rings (SSSR count). The second-order valence-corrected chi connectivity index (χ2v) is 3.90. The van der Waals surface area contributed by atoms with E-state index in [1.165, 1.54) is 6.33 Å². The molecule has 0 aliphatic carbocycles. The van der Waals surface area contributed by atoms with Gasteiger partial charge in [0.05, 0.1) is 13.2 Å². The summed E-state index contributed by atoms with van der Waals surface area (Å²) >= 11 is 0. The molecule has 7 nitrogen and oxygen atoms in total. The second kappa shape index (κ2) is 7.13. The van der Waals surface area contributed by atoms with E-state index in [2.05, 4.69) is 20.5 Å². The van der Waals surface area contributed by atoms with Gasteiger partial charge in [-0.25, -0.2) is 4.98 Å². The van der Waals surface area contributed by atoms with Gasteiger partial charge in [-0.1, -0.05) is 0 Å². The van der Waals surface area contributed by atoms with Crippen LogP contribution in [-0.4, -0.2) is 34.3 Å². The van der Waals surface area contributed by atoms with Crippen molar-refractivity contribution >= 4 is 5.91 Å². The molecule has 1 amide bonds. The Morgan fingerprint density at radius 3 is 2.55 bits per heavy atom. The average Bonchev–Trinajstić information content (AvgIpc) is 2.98. The fraction of sp³-hybridized carbons (Fsp3) is 0.308. The topological polar surface area (TPSA) is 89.1 Å². The highest BCUT2D eigenvalue weighted by Crippen LogP contribution is 2.17.